The number of piperazine rings is 1. The summed E-state index contributed by atoms with van der Waals surface area (Å²) in [4.78, 5) is 24.7. The largest absolute Gasteiger partial charge is 0.489 e. The number of carbonyl (C=O) groups is 1. The van der Waals surface area contributed by atoms with Crippen molar-refractivity contribution < 1.29 is 13.9 Å². The van der Waals surface area contributed by atoms with E-state index in [1.54, 1.807) is 0 Å². The van der Waals surface area contributed by atoms with E-state index in [0.717, 1.165) is 47.1 Å². The van der Waals surface area contributed by atoms with Gasteiger partial charge in [-0.1, -0.05) is 97.1 Å². The Morgan fingerprint density at radius 2 is 1.43 bits per heavy atom. The lowest BCUT2D eigenvalue weighted by atomic mass is 10.1. The number of halogens is 1. The number of hydrogen-bond donors (Lipinski definition) is 0. The normalized spacial score (nSPS) is 13.8. The quantitative estimate of drug-likeness (QED) is 0.132. The molecule has 47 heavy (non-hydrogen) atoms. The zero-order chi connectivity index (χ0) is 32.3. The Balaban J connectivity index is 1.04. The van der Waals surface area contributed by atoms with E-state index in [2.05, 4.69) is 46.2 Å². The molecular formula is C39H39FN4O2S. The first-order valence-electron chi connectivity index (χ1n) is 16.0. The van der Waals surface area contributed by atoms with Crippen molar-refractivity contribution in [3.8, 4) is 5.75 Å². The summed E-state index contributed by atoms with van der Waals surface area (Å²) in [7, 11) is 0. The van der Waals surface area contributed by atoms with Crippen LogP contribution in [-0.2, 0) is 26.2 Å². The van der Waals surface area contributed by atoms with Gasteiger partial charge in [-0.2, -0.15) is 0 Å². The maximum atomic E-state index is 13.6. The van der Waals surface area contributed by atoms with Gasteiger partial charge in [0, 0.05) is 51.2 Å². The van der Waals surface area contributed by atoms with Gasteiger partial charge in [-0.15, -0.1) is 11.3 Å². The molecule has 2 heterocycles. The molecule has 1 aliphatic rings. The molecule has 6 rings (SSSR count). The maximum Gasteiger partial charge on any atom is 0.273 e. The average molecular weight is 647 g/mol. The van der Waals surface area contributed by atoms with Crippen LogP contribution in [0.1, 0.15) is 37.7 Å². The molecule has 8 heteroatoms. The monoisotopic (exact) mass is 646 g/mol. The molecular weight excluding hydrogens is 608 g/mol. The number of aromatic nitrogens is 1. The lowest BCUT2D eigenvalue weighted by Crippen LogP contribution is -2.48. The Bertz CT molecular complexity index is 1720. The molecule has 1 saturated heterocycles. The first kappa shape index (κ1) is 32.3. The Labute approximate surface area is 280 Å². The number of carbonyl (C=O) groups excluding carboxylic acids is 1. The molecule has 0 N–H and O–H groups in total. The highest BCUT2D eigenvalue weighted by Crippen LogP contribution is 2.21. The van der Waals surface area contributed by atoms with Crippen molar-refractivity contribution >= 4 is 23.3 Å². The molecule has 1 aliphatic heterocycles. The van der Waals surface area contributed by atoms with Crippen LogP contribution in [0.15, 0.2) is 121 Å². The van der Waals surface area contributed by atoms with E-state index >= 15 is 0 Å². The van der Waals surface area contributed by atoms with E-state index in [1.807, 2.05) is 83.1 Å². The summed E-state index contributed by atoms with van der Waals surface area (Å²) in [5, 5.41) is 2.75. The molecule has 0 bridgehead atoms. The van der Waals surface area contributed by atoms with Crippen molar-refractivity contribution in [2.24, 2.45) is 0 Å². The van der Waals surface area contributed by atoms with E-state index in [-0.39, 0.29) is 11.7 Å². The van der Waals surface area contributed by atoms with E-state index < -0.39 is 0 Å². The maximum absolute atomic E-state index is 13.6. The van der Waals surface area contributed by atoms with Crippen LogP contribution >= 0.6 is 11.3 Å². The Morgan fingerprint density at radius 1 is 0.787 bits per heavy atom. The third-order valence-corrected chi connectivity index (χ3v) is 8.99. The lowest BCUT2D eigenvalue weighted by molar-refractivity contribution is 0.0645. The van der Waals surface area contributed by atoms with Gasteiger partial charge in [0.1, 0.15) is 28.9 Å². The number of amides is 1. The lowest BCUT2D eigenvalue weighted by Gasteiger charge is -2.33. The van der Waals surface area contributed by atoms with Gasteiger partial charge in [0.2, 0.25) is 0 Å². The number of hydrogen-bond acceptors (Lipinski definition) is 6. The highest BCUT2D eigenvalue weighted by Gasteiger charge is 2.24. The van der Waals surface area contributed by atoms with Crippen LogP contribution in [0, 0.1) is 5.82 Å². The first-order valence-corrected chi connectivity index (χ1v) is 16.9. The molecule has 0 spiro atoms. The van der Waals surface area contributed by atoms with Crippen molar-refractivity contribution in [3.63, 3.8) is 0 Å². The molecule has 0 saturated carbocycles. The zero-order valence-electron chi connectivity index (χ0n) is 26.4. The molecule has 0 atom stereocenters. The van der Waals surface area contributed by atoms with Crippen molar-refractivity contribution in [3.05, 3.63) is 159 Å². The van der Waals surface area contributed by atoms with Gasteiger partial charge in [-0.25, -0.2) is 9.37 Å². The fourth-order valence-corrected chi connectivity index (χ4v) is 6.39. The van der Waals surface area contributed by atoms with Crippen LogP contribution < -0.4 is 4.74 Å². The standard InChI is InChI=1S/C39H39FN4O2S/c40-35-17-13-32(14-18-35)26-43(27-33-15-19-36(20-16-33)46-29-34-10-5-2-6-11-34)28-38-41-37(30-47-38)39(45)44-24-22-42(23-25-44)21-7-12-31-8-3-1-4-9-31/h1-20,30H,21-29H2. The number of ether oxygens (including phenoxy) is 1. The second-order valence-electron chi connectivity index (χ2n) is 11.7. The predicted molar refractivity (Wildman–Crippen MR) is 187 cm³/mol. The van der Waals surface area contributed by atoms with E-state index in [1.165, 1.54) is 29.0 Å². The van der Waals surface area contributed by atoms with Gasteiger partial charge in [0.05, 0.1) is 6.54 Å². The van der Waals surface area contributed by atoms with Crippen molar-refractivity contribution in [1.82, 2.24) is 19.7 Å². The summed E-state index contributed by atoms with van der Waals surface area (Å²) in [5.41, 5.74) is 4.96. The topological polar surface area (TPSA) is 48.9 Å². The van der Waals surface area contributed by atoms with Crippen LogP contribution in [0.3, 0.4) is 0 Å². The second-order valence-corrected chi connectivity index (χ2v) is 12.7. The molecule has 0 unspecified atom stereocenters. The van der Waals surface area contributed by atoms with E-state index in [0.29, 0.717) is 45.0 Å². The van der Waals surface area contributed by atoms with Gasteiger partial charge >= 0.3 is 0 Å². The first-order chi connectivity index (χ1) is 23.1. The number of benzene rings is 4. The van der Waals surface area contributed by atoms with Crippen LogP contribution in [-0.4, -0.2) is 58.3 Å². The minimum Gasteiger partial charge on any atom is -0.489 e. The number of thiazole rings is 1. The van der Waals surface area contributed by atoms with Gasteiger partial charge in [-0.3, -0.25) is 14.6 Å². The second kappa shape index (κ2) is 16.3. The average Bonchev–Trinajstić information content (AvgIpc) is 3.58. The van der Waals surface area contributed by atoms with E-state index in [9.17, 15) is 9.18 Å². The molecule has 5 aromatic rings. The fourth-order valence-electron chi connectivity index (χ4n) is 5.58. The van der Waals surface area contributed by atoms with Crippen LogP contribution in [0.4, 0.5) is 4.39 Å². The summed E-state index contributed by atoms with van der Waals surface area (Å²) in [6, 6.07) is 35.2. The number of nitrogens with zero attached hydrogens (tertiary/aromatic N) is 4. The Kier molecular flexibility index (Phi) is 11.2. The highest BCUT2D eigenvalue weighted by atomic mass is 32.1. The minimum absolute atomic E-state index is 0.0110. The van der Waals surface area contributed by atoms with Gasteiger partial charge < -0.3 is 9.64 Å². The predicted octanol–water partition coefficient (Wildman–Crippen LogP) is 7.53. The molecule has 1 aromatic heterocycles. The van der Waals surface area contributed by atoms with Gasteiger partial charge in [-0.05, 0) is 46.5 Å². The van der Waals surface area contributed by atoms with Gasteiger partial charge in [0.25, 0.3) is 5.91 Å². The van der Waals surface area contributed by atoms with Crippen molar-refractivity contribution in [1.29, 1.82) is 0 Å². The molecule has 1 amide bonds. The van der Waals surface area contributed by atoms with Crippen LogP contribution in [0.2, 0.25) is 0 Å². The van der Waals surface area contributed by atoms with E-state index in [4.69, 9.17) is 9.72 Å². The van der Waals surface area contributed by atoms with Crippen LogP contribution in [0.5, 0.6) is 5.75 Å². The zero-order valence-corrected chi connectivity index (χ0v) is 27.2. The van der Waals surface area contributed by atoms with Crippen molar-refractivity contribution in [2.45, 2.75) is 26.2 Å². The third-order valence-electron chi connectivity index (χ3n) is 8.16. The molecule has 0 aliphatic carbocycles. The summed E-state index contributed by atoms with van der Waals surface area (Å²) in [5.74, 6) is 0.553. The SMILES string of the molecule is O=C(c1csc(CN(Cc2ccc(F)cc2)Cc2ccc(OCc3ccccc3)cc2)n1)N1CCN(CC=Cc2ccccc2)CC1. The molecule has 0 radical (unpaired) electrons. The number of rotatable bonds is 13. The molecule has 6 nitrogen and oxygen atoms in total. The smallest absolute Gasteiger partial charge is 0.273 e. The summed E-state index contributed by atoms with van der Waals surface area (Å²) in [6.45, 7) is 6.29. The molecule has 240 valence electrons. The summed E-state index contributed by atoms with van der Waals surface area (Å²) >= 11 is 1.51. The Morgan fingerprint density at radius 3 is 2.11 bits per heavy atom. The molecule has 1 fully saturated rings. The van der Waals surface area contributed by atoms with Gasteiger partial charge in [0.15, 0.2) is 0 Å². The third kappa shape index (κ3) is 9.68. The highest BCUT2D eigenvalue weighted by molar-refractivity contribution is 7.09. The summed E-state index contributed by atoms with van der Waals surface area (Å²) < 4.78 is 19.6. The van der Waals surface area contributed by atoms with Crippen molar-refractivity contribution in [2.75, 3.05) is 32.7 Å². The Hall–Kier alpha value is -4.63. The minimum atomic E-state index is -0.251. The van der Waals surface area contributed by atoms with Crippen LogP contribution in [0.25, 0.3) is 6.08 Å². The molecule has 4 aromatic carbocycles. The fraction of sp³-hybridized carbons (Fsp3) is 0.231. The summed E-state index contributed by atoms with van der Waals surface area (Å²) in [6.07, 6.45) is 4.33.